The standard InChI is InChI=1S/C28H26FIN2O5S/c1-14-17(13-38(4,35)36)6-5-7-20(14)23-16(3)32(19-9-10-19)27(33)24-25(15(2)28(34)37-26(23)24)31-22-11-8-18(30)12-21(22)29/h5-8,11-12,19,31H,9-10,13H2,1-4H3. The molecule has 0 aliphatic heterocycles. The Morgan fingerprint density at radius 1 is 1.11 bits per heavy atom. The summed E-state index contributed by atoms with van der Waals surface area (Å²) >= 11 is 2.01. The fourth-order valence-electron chi connectivity index (χ4n) is 4.93. The molecular weight excluding hydrogens is 622 g/mol. The molecule has 0 amide bonds. The lowest BCUT2D eigenvalue weighted by atomic mass is 9.94. The van der Waals surface area contributed by atoms with Crippen LogP contribution in [0.2, 0.25) is 0 Å². The van der Waals surface area contributed by atoms with Crippen LogP contribution in [0.5, 0.6) is 0 Å². The third-order valence-electron chi connectivity index (χ3n) is 6.97. The Kier molecular flexibility index (Phi) is 6.75. The van der Waals surface area contributed by atoms with Gasteiger partial charge in [-0.3, -0.25) is 4.79 Å². The molecule has 38 heavy (non-hydrogen) atoms. The van der Waals surface area contributed by atoms with E-state index in [1.807, 2.05) is 42.5 Å². The Labute approximate surface area is 232 Å². The maximum absolute atomic E-state index is 14.8. The summed E-state index contributed by atoms with van der Waals surface area (Å²) in [5.41, 5.74) is 2.77. The van der Waals surface area contributed by atoms with Gasteiger partial charge in [0.2, 0.25) is 0 Å². The highest BCUT2D eigenvalue weighted by Gasteiger charge is 2.32. The Hall–Kier alpha value is -2.99. The van der Waals surface area contributed by atoms with Crippen LogP contribution in [0.15, 0.2) is 50.4 Å². The van der Waals surface area contributed by atoms with Crippen molar-refractivity contribution in [2.45, 2.75) is 45.4 Å². The quantitative estimate of drug-likeness (QED) is 0.261. The molecule has 198 valence electrons. The van der Waals surface area contributed by atoms with Crippen molar-refractivity contribution in [1.82, 2.24) is 4.57 Å². The highest BCUT2D eigenvalue weighted by Crippen LogP contribution is 2.42. The molecule has 0 saturated heterocycles. The molecule has 0 bridgehead atoms. The zero-order chi connectivity index (χ0) is 27.5. The van der Waals surface area contributed by atoms with Gasteiger partial charge >= 0.3 is 5.63 Å². The molecule has 1 N–H and O–H groups in total. The van der Waals surface area contributed by atoms with Crippen LogP contribution in [0.25, 0.3) is 22.1 Å². The number of aromatic nitrogens is 1. The van der Waals surface area contributed by atoms with E-state index >= 15 is 0 Å². The van der Waals surface area contributed by atoms with Crippen LogP contribution in [0.4, 0.5) is 15.8 Å². The Morgan fingerprint density at radius 2 is 1.82 bits per heavy atom. The van der Waals surface area contributed by atoms with Gasteiger partial charge in [-0.15, -0.1) is 0 Å². The fraction of sp³-hybridized carbons (Fsp3) is 0.286. The van der Waals surface area contributed by atoms with Gasteiger partial charge < -0.3 is 14.3 Å². The van der Waals surface area contributed by atoms with Gasteiger partial charge in [0.15, 0.2) is 15.4 Å². The third-order valence-corrected chi connectivity index (χ3v) is 8.48. The average Bonchev–Trinajstić information content (AvgIpc) is 3.65. The first-order chi connectivity index (χ1) is 17.9. The van der Waals surface area contributed by atoms with Gasteiger partial charge in [-0.05, 0) is 91.1 Å². The monoisotopic (exact) mass is 648 g/mol. The summed E-state index contributed by atoms with van der Waals surface area (Å²) in [4.78, 5) is 27.0. The molecule has 5 rings (SSSR count). The first kappa shape index (κ1) is 26.6. The lowest BCUT2D eigenvalue weighted by molar-refractivity contribution is 0.552. The molecule has 1 fully saturated rings. The first-order valence-electron chi connectivity index (χ1n) is 12.1. The second-order valence-electron chi connectivity index (χ2n) is 9.87. The molecule has 0 spiro atoms. The summed E-state index contributed by atoms with van der Waals surface area (Å²) in [6, 6.07) is 9.99. The Balaban J connectivity index is 1.88. The number of rotatable bonds is 6. The van der Waals surface area contributed by atoms with Crippen molar-refractivity contribution >= 4 is 54.8 Å². The summed E-state index contributed by atoms with van der Waals surface area (Å²) in [6.07, 6.45) is 2.85. The van der Waals surface area contributed by atoms with E-state index in [2.05, 4.69) is 5.32 Å². The summed E-state index contributed by atoms with van der Waals surface area (Å²) in [7, 11) is -3.31. The summed E-state index contributed by atoms with van der Waals surface area (Å²) in [6.45, 7) is 5.17. The summed E-state index contributed by atoms with van der Waals surface area (Å²) < 4.78 is 47.2. The van der Waals surface area contributed by atoms with E-state index in [0.29, 0.717) is 31.5 Å². The lowest BCUT2D eigenvalue weighted by Crippen LogP contribution is -2.25. The minimum Gasteiger partial charge on any atom is -0.421 e. The van der Waals surface area contributed by atoms with E-state index in [-0.39, 0.29) is 45.3 Å². The number of nitrogens with zero attached hydrogens (tertiary/aromatic N) is 1. The molecule has 4 aromatic rings. The fourth-order valence-corrected chi connectivity index (χ4v) is 6.26. The minimum atomic E-state index is -3.31. The van der Waals surface area contributed by atoms with E-state index in [1.165, 1.54) is 19.2 Å². The first-order valence-corrected chi connectivity index (χ1v) is 15.2. The molecule has 0 unspecified atom stereocenters. The van der Waals surface area contributed by atoms with Gasteiger partial charge in [0.05, 0.1) is 22.7 Å². The maximum atomic E-state index is 14.8. The SMILES string of the molecule is Cc1c(CS(C)(=O)=O)cccc1-c1c(C)n(C2CC2)c(=O)c2c(Nc3ccc(I)cc3F)c(C)c(=O)oc12. The molecular formula is C28H26FIN2O5S. The highest BCUT2D eigenvalue weighted by molar-refractivity contribution is 14.1. The van der Waals surface area contributed by atoms with E-state index in [1.54, 1.807) is 28.8 Å². The van der Waals surface area contributed by atoms with Gasteiger partial charge in [-0.2, -0.15) is 0 Å². The second kappa shape index (κ2) is 9.64. The van der Waals surface area contributed by atoms with Crippen LogP contribution < -0.4 is 16.5 Å². The molecule has 1 aliphatic carbocycles. The molecule has 7 nitrogen and oxygen atoms in total. The topological polar surface area (TPSA) is 98.4 Å². The van der Waals surface area contributed by atoms with Gasteiger partial charge in [0, 0.05) is 27.1 Å². The van der Waals surface area contributed by atoms with Crippen LogP contribution in [0, 0.1) is 30.2 Å². The zero-order valence-corrected chi connectivity index (χ0v) is 24.3. The normalized spacial score (nSPS) is 13.7. The van der Waals surface area contributed by atoms with Gasteiger partial charge in [0.25, 0.3) is 5.56 Å². The molecule has 0 atom stereocenters. The molecule has 1 aliphatic rings. The van der Waals surface area contributed by atoms with Gasteiger partial charge in [-0.1, -0.05) is 18.2 Å². The van der Waals surface area contributed by atoms with Gasteiger partial charge in [0.1, 0.15) is 11.2 Å². The number of pyridine rings is 1. The van der Waals surface area contributed by atoms with Crippen molar-refractivity contribution in [3.8, 4) is 11.1 Å². The maximum Gasteiger partial charge on any atom is 0.341 e. The molecule has 2 heterocycles. The number of halogens is 2. The zero-order valence-electron chi connectivity index (χ0n) is 21.3. The molecule has 1 saturated carbocycles. The number of benzene rings is 2. The second-order valence-corrected chi connectivity index (χ2v) is 13.3. The molecule has 0 radical (unpaired) electrons. The van der Waals surface area contributed by atoms with Crippen molar-refractivity contribution in [3.63, 3.8) is 0 Å². The molecule has 2 aromatic heterocycles. The van der Waals surface area contributed by atoms with Crippen molar-refractivity contribution < 1.29 is 17.2 Å². The Morgan fingerprint density at radius 3 is 2.45 bits per heavy atom. The van der Waals surface area contributed by atoms with Crippen molar-refractivity contribution in [3.05, 3.63) is 88.9 Å². The van der Waals surface area contributed by atoms with Crippen molar-refractivity contribution in [1.29, 1.82) is 0 Å². The number of sulfone groups is 1. The molecule has 2 aromatic carbocycles. The van der Waals surface area contributed by atoms with E-state index in [4.69, 9.17) is 4.42 Å². The summed E-state index contributed by atoms with van der Waals surface area (Å²) in [5.74, 6) is -0.662. The van der Waals surface area contributed by atoms with Crippen LogP contribution in [-0.2, 0) is 15.6 Å². The van der Waals surface area contributed by atoms with E-state index in [9.17, 15) is 22.4 Å². The Bertz CT molecular complexity index is 1860. The number of anilines is 2. The third kappa shape index (κ3) is 4.79. The number of hydrogen-bond acceptors (Lipinski definition) is 6. The van der Waals surface area contributed by atoms with Gasteiger partial charge in [-0.25, -0.2) is 17.6 Å². The summed E-state index contributed by atoms with van der Waals surface area (Å²) in [5, 5.41) is 3.16. The predicted octanol–water partition coefficient (Wildman–Crippen LogP) is 5.91. The van der Waals surface area contributed by atoms with Crippen LogP contribution in [0.1, 0.15) is 41.3 Å². The van der Waals surface area contributed by atoms with E-state index < -0.39 is 21.3 Å². The number of fused-ring (bicyclic) bond motifs is 1. The lowest BCUT2D eigenvalue weighted by Gasteiger charge is -2.21. The predicted molar refractivity (Wildman–Crippen MR) is 156 cm³/mol. The molecule has 10 heteroatoms. The van der Waals surface area contributed by atoms with Crippen LogP contribution in [-0.4, -0.2) is 19.2 Å². The number of hydrogen-bond donors (Lipinski definition) is 1. The van der Waals surface area contributed by atoms with Crippen molar-refractivity contribution in [2.75, 3.05) is 11.6 Å². The smallest absolute Gasteiger partial charge is 0.341 e. The van der Waals surface area contributed by atoms with Crippen LogP contribution in [0.3, 0.4) is 0 Å². The van der Waals surface area contributed by atoms with E-state index in [0.717, 1.165) is 12.8 Å². The highest BCUT2D eigenvalue weighted by atomic mass is 127. The van der Waals surface area contributed by atoms with Crippen molar-refractivity contribution in [2.24, 2.45) is 0 Å². The average molecular weight is 648 g/mol. The largest absolute Gasteiger partial charge is 0.421 e. The van der Waals surface area contributed by atoms with Crippen LogP contribution >= 0.6 is 22.6 Å². The minimum absolute atomic E-state index is 0.000262. The number of nitrogens with one attached hydrogen (secondary N) is 1.